The van der Waals surface area contributed by atoms with Crippen LogP contribution in [0.2, 0.25) is 0 Å². The van der Waals surface area contributed by atoms with Crippen molar-refractivity contribution >= 4 is 17.2 Å². The smallest absolute Gasteiger partial charge is 0.251 e. The van der Waals surface area contributed by atoms with Crippen molar-refractivity contribution < 1.29 is 4.79 Å². The predicted octanol–water partition coefficient (Wildman–Crippen LogP) is 2.03. The van der Waals surface area contributed by atoms with Crippen LogP contribution in [0.15, 0.2) is 24.4 Å². The van der Waals surface area contributed by atoms with Gasteiger partial charge >= 0.3 is 0 Å². The summed E-state index contributed by atoms with van der Waals surface area (Å²) >= 11 is 1.61. The number of hydrogen-bond acceptors (Lipinski definition) is 4. The topological polar surface area (TPSA) is 54.0 Å². The van der Waals surface area contributed by atoms with Gasteiger partial charge in [-0.1, -0.05) is 6.07 Å². The summed E-state index contributed by atoms with van der Waals surface area (Å²) in [6.07, 6.45) is 2.87. The highest BCUT2D eigenvalue weighted by atomic mass is 32.1. The summed E-state index contributed by atoms with van der Waals surface area (Å²) in [6, 6.07) is 5.97. The zero-order valence-electron chi connectivity index (χ0n) is 11.4. The first-order chi connectivity index (χ1) is 9.72. The van der Waals surface area contributed by atoms with Gasteiger partial charge in [-0.2, -0.15) is 0 Å². The molecular formula is C15H17N3OS. The van der Waals surface area contributed by atoms with Crippen molar-refractivity contribution in [3.63, 3.8) is 0 Å². The van der Waals surface area contributed by atoms with Crippen LogP contribution in [0.25, 0.3) is 0 Å². The van der Waals surface area contributed by atoms with Crippen LogP contribution >= 0.6 is 11.3 Å². The van der Waals surface area contributed by atoms with Crippen molar-refractivity contribution in [3.05, 3.63) is 51.0 Å². The van der Waals surface area contributed by atoms with Gasteiger partial charge in [0.1, 0.15) is 5.01 Å². The monoisotopic (exact) mass is 287 g/mol. The number of aryl methyl sites for hydroxylation is 1. The van der Waals surface area contributed by atoms with Gasteiger partial charge in [-0.3, -0.25) is 4.79 Å². The van der Waals surface area contributed by atoms with Crippen molar-refractivity contribution in [3.8, 4) is 0 Å². The summed E-state index contributed by atoms with van der Waals surface area (Å²) in [7, 11) is 0. The summed E-state index contributed by atoms with van der Waals surface area (Å²) in [5.74, 6) is -0.0359. The molecule has 2 N–H and O–H groups in total. The van der Waals surface area contributed by atoms with E-state index in [2.05, 4.69) is 21.7 Å². The van der Waals surface area contributed by atoms with Crippen molar-refractivity contribution in [1.29, 1.82) is 0 Å². The molecule has 0 unspecified atom stereocenters. The Morgan fingerprint density at radius 2 is 2.35 bits per heavy atom. The Morgan fingerprint density at radius 3 is 3.15 bits per heavy atom. The maximum atomic E-state index is 12.2. The number of carbonyl (C=O) groups excluding carboxylic acids is 1. The number of benzene rings is 1. The molecule has 104 valence electrons. The lowest BCUT2D eigenvalue weighted by Crippen LogP contribution is -2.26. The molecule has 1 aliphatic rings. The largest absolute Gasteiger partial charge is 0.346 e. The number of fused-ring (bicyclic) bond motifs is 1. The molecule has 3 rings (SSSR count). The third-order valence-electron chi connectivity index (χ3n) is 3.42. The molecule has 20 heavy (non-hydrogen) atoms. The third kappa shape index (κ3) is 2.89. The second-order valence-electron chi connectivity index (χ2n) is 4.96. The van der Waals surface area contributed by atoms with Crippen molar-refractivity contribution in [2.24, 2.45) is 0 Å². The maximum Gasteiger partial charge on any atom is 0.251 e. The van der Waals surface area contributed by atoms with Gasteiger partial charge in [0.15, 0.2) is 0 Å². The van der Waals surface area contributed by atoms with E-state index < -0.39 is 0 Å². The molecule has 0 spiro atoms. The zero-order chi connectivity index (χ0) is 13.9. The van der Waals surface area contributed by atoms with Gasteiger partial charge in [-0.15, -0.1) is 11.3 Å². The second-order valence-corrected chi connectivity index (χ2v) is 6.28. The van der Waals surface area contributed by atoms with E-state index in [1.54, 1.807) is 11.3 Å². The molecule has 0 radical (unpaired) electrons. The first kappa shape index (κ1) is 13.3. The van der Waals surface area contributed by atoms with E-state index in [9.17, 15) is 4.79 Å². The lowest BCUT2D eigenvalue weighted by atomic mass is 9.98. The molecule has 2 aromatic rings. The van der Waals surface area contributed by atoms with E-state index in [0.29, 0.717) is 6.54 Å². The molecule has 0 aliphatic carbocycles. The van der Waals surface area contributed by atoms with Crippen molar-refractivity contribution in [1.82, 2.24) is 15.6 Å². The highest BCUT2D eigenvalue weighted by Gasteiger charge is 2.12. The number of amides is 1. The van der Waals surface area contributed by atoms with Crippen LogP contribution in [0.3, 0.4) is 0 Å². The quantitative estimate of drug-likeness (QED) is 0.908. The average molecular weight is 287 g/mol. The van der Waals surface area contributed by atoms with E-state index in [1.807, 2.05) is 25.3 Å². The Kier molecular flexibility index (Phi) is 3.80. The Morgan fingerprint density at radius 1 is 1.45 bits per heavy atom. The minimum absolute atomic E-state index is 0.0359. The van der Waals surface area contributed by atoms with Gasteiger partial charge < -0.3 is 10.6 Å². The molecule has 2 heterocycles. The van der Waals surface area contributed by atoms with Gasteiger partial charge in [0.25, 0.3) is 5.91 Å². The molecule has 0 saturated carbocycles. The SMILES string of the molecule is Cc1cnc(CNC(=O)c2ccc3c(c2)CNCC3)s1. The lowest BCUT2D eigenvalue weighted by molar-refractivity contribution is 0.0950. The lowest BCUT2D eigenvalue weighted by Gasteiger charge is -2.17. The molecule has 1 aromatic carbocycles. The third-order valence-corrected chi connectivity index (χ3v) is 4.34. The fourth-order valence-electron chi connectivity index (χ4n) is 2.36. The molecule has 1 aliphatic heterocycles. The van der Waals surface area contributed by atoms with Gasteiger partial charge in [0.05, 0.1) is 6.54 Å². The first-order valence-electron chi connectivity index (χ1n) is 6.74. The standard InChI is InChI=1S/C15H17N3OS/c1-10-7-17-14(20-10)9-18-15(19)12-3-2-11-4-5-16-8-13(11)6-12/h2-3,6-7,16H,4-5,8-9H2,1H3,(H,18,19). The van der Waals surface area contributed by atoms with Crippen LogP contribution in [-0.4, -0.2) is 17.4 Å². The summed E-state index contributed by atoms with van der Waals surface area (Å²) < 4.78 is 0. The van der Waals surface area contributed by atoms with Gasteiger partial charge in [-0.25, -0.2) is 4.98 Å². The number of rotatable bonds is 3. The number of nitrogens with zero attached hydrogens (tertiary/aromatic N) is 1. The fourth-order valence-corrected chi connectivity index (χ4v) is 3.09. The van der Waals surface area contributed by atoms with E-state index in [1.165, 1.54) is 11.1 Å². The van der Waals surface area contributed by atoms with Gasteiger partial charge in [0, 0.05) is 23.2 Å². The van der Waals surface area contributed by atoms with E-state index in [4.69, 9.17) is 0 Å². The van der Waals surface area contributed by atoms with Crippen LogP contribution in [0.4, 0.5) is 0 Å². The predicted molar refractivity (Wildman–Crippen MR) is 79.9 cm³/mol. The maximum absolute atomic E-state index is 12.2. The number of hydrogen-bond donors (Lipinski definition) is 2. The summed E-state index contributed by atoms with van der Waals surface area (Å²) in [6.45, 7) is 4.37. The molecule has 1 amide bonds. The normalized spacial score (nSPS) is 13.8. The van der Waals surface area contributed by atoms with Crippen molar-refractivity contribution in [2.45, 2.75) is 26.4 Å². The minimum atomic E-state index is -0.0359. The van der Waals surface area contributed by atoms with E-state index in [-0.39, 0.29) is 5.91 Å². The second kappa shape index (κ2) is 5.73. The van der Waals surface area contributed by atoms with Gasteiger partial charge in [0.2, 0.25) is 0 Å². The highest BCUT2D eigenvalue weighted by Crippen LogP contribution is 2.16. The van der Waals surface area contributed by atoms with Crippen molar-refractivity contribution in [2.75, 3.05) is 6.54 Å². The van der Waals surface area contributed by atoms with Crippen LogP contribution in [0.1, 0.15) is 31.4 Å². The number of carbonyl (C=O) groups is 1. The van der Waals surface area contributed by atoms with E-state index >= 15 is 0 Å². The summed E-state index contributed by atoms with van der Waals surface area (Å²) in [5, 5.41) is 7.19. The van der Waals surface area contributed by atoms with E-state index in [0.717, 1.165) is 35.0 Å². The molecule has 1 aromatic heterocycles. The molecule has 0 atom stereocenters. The van der Waals surface area contributed by atoms with Crippen LogP contribution in [0.5, 0.6) is 0 Å². The Bertz CT molecular complexity index is 636. The molecule has 4 nitrogen and oxygen atoms in total. The number of thiazole rings is 1. The van der Waals surface area contributed by atoms with Crippen LogP contribution < -0.4 is 10.6 Å². The molecule has 0 fully saturated rings. The minimum Gasteiger partial charge on any atom is -0.346 e. The molecule has 0 bridgehead atoms. The number of aromatic nitrogens is 1. The number of nitrogens with one attached hydrogen (secondary N) is 2. The molecule has 0 saturated heterocycles. The van der Waals surface area contributed by atoms with Gasteiger partial charge in [-0.05, 0) is 43.1 Å². The Balaban J connectivity index is 1.67. The summed E-state index contributed by atoms with van der Waals surface area (Å²) in [4.78, 5) is 17.6. The first-order valence-corrected chi connectivity index (χ1v) is 7.56. The summed E-state index contributed by atoms with van der Waals surface area (Å²) in [5.41, 5.74) is 3.30. The molecular weight excluding hydrogens is 270 g/mol. The molecule has 5 heteroatoms. The average Bonchev–Trinajstić information content (AvgIpc) is 2.90. The fraction of sp³-hybridized carbons (Fsp3) is 0.333. The van der Waals surface area contributed by atoms with Crippen LogP contribution in [0, 0.1) is 6.92 Å². The Labute approximate surface area is 122 Å². The highest BCUT2D eigenvalue weighted by molar-refractivity contribution is 7.11. The Hall–Kier alpha value is -1.72. The zero-order valence-corrected chi connectivity index (χ0v) is 12.2. The van der Waals surface area contributed by atoms with Crippen LogP contribution in [-0.2, 0) is 19.5 Å².